The smallest absolute Gasteiger partial charge is 0.338 e. The van der Waals surface area contributed by atoms with Crippen molar-refractivity contribution in [3.05, 3.63) is 81.8 Å². The molecule has 2 aromatic carbocycles. The van der Waals surface area contributed by atoms with Crippen LogP contribution in [0.25, 0.3) is 10.9 Å². The summed E-state index contributed by atoms with van der Waals surface area (Å²) >= 11 is 1.35. The van der Waals surface area contributed by atoms with E-state index in [4.69, 9.17) is 9.72 Å². The van der Waals surface area contributed by atoms with E-state index in [9.17, 15) is 14.4 Å². The van der Waals surface area contributed by atoms with E-state index in [2.05, 4.69) is 5.32 Å². The van der Waals surface area contributed by atoms with E-state index in [0.717, 1.165) is 18.4 Å². The lowest BCUT2D eigenvalue weighted by Gasteiger charge is -2.36. The maximum Gasteiger partial charge on any atom is 0.338 e. The summed E-state index contributed by atoms with van der Waals surface area (Å²) in [6, 6.07) is 15.8. The molecule has 2 amide bonds. The van der Waals surface area contributed by atoms with Crippen molar-refractivity contribution < 1.29 is 14.3 Å². The fraction of sp³-hybridized carbons (Fsp3) is 0.308. The van der Waals surface area contributed by atoms with Gasteiger partial charge in [0, 0.05) is 24.0 Å². The first-order chi connectivity index (χ1) is 17.0. The maximum atomic E-state index is 13.2. The minimum Gasteiger partial charge on any atom is -0.466 e. The number of benzene rings is 2. The molecule has 1 fully saturated rings. The molecular weight excluding hydrogens is 464 g/mol. The summed E-state index contributed by atoms with van der Waals surface area (Å²) in [5, 5.41) is 4.11. The number of amides is 2. The summed E-state index contributed by atoms with van der Waals surface area (Å²) in [5.74, 6) is -0.193. The normalized spacial score (nSPS) is 18.1. The SMILES string of the molecule is CCn1c(SCC2=C(C(=O)OC)C(c3ccccc3)NC(=O)N2C2CC2)nc2ccccc2c1=O. The van der Waals surface area contributed by atoms with Crippen molar-refractivity contribution in [3.63, 3.8) is 0 Å². The lowest BCUT2D eigenvalue weighted by Crippen LogP contribution is -2.50. The summed E-state index contributed by atoms with van der Waals surface area (Å²) in [5.41, 5.74) is 2.32. The quantitative estimate of drug-likeness (QED) is 0.307. The monoisotopic (exact) mass is 490 g/mol. The molecule has 2 aliphatic rings. The molecule has 1 atom stereocenters. The number of rotatable bonds is 7. The molecule has 2 heterocycles. The van der Waals surface area contributed by atoms with Gasteiger partial charge < -0.3 is 10.1 Å². The first kappa shape index (κ1) is 23.2. The largest absolute Gasteiger partial charge is 0.466 e. The molecule has 1 aromatic heterocycles. The highest BCUT2D eigenvalue weighted by Crippen LogP contribution is 2.40. The Hall–Kier alpha value is -3.59. The molecule has 1 aliphatic carbocycles. The Morgan fingerprint density at radius 2 is 1.83 bits per heavy atom. The van der Waals surface area contributed by atoms with E-state index in [0.29, 0.717) is 39.6 Å². The molecule has 0 bridgehead atoms. The van der Waals surface area contributed by atoms with Crippen molar-refractivity contribution in [1.82, 2.24) is 19.8 Å². The zero-order valence-electron chi connectivity index (χ0n) is 19.6. The predicted molar refractivity (Wildman–Crippen MR) is 134 cm³/mol. The first-order valence-corrected chi connectivity index (χ1v) is 12.6. The van der Waals surface area contributed by atoms with Crippen molar-refractivity contribution >= 4 is 34.7 Å². The summed E-state index contributed by atoms with van der Waals surface area (Å²) in [7, 11) is 1.35. The van der Waals surface area contributed by atoms with E-state index >= 15 is 0 Å². The summed E-state index contributed by atoms with van der Waals surface area (Å²) in [4.78, 5) is 45.8. The van der Waals surface area contributed by atoms with Crippen LogP contribution in [-0.4, -0.2) is 45.4 Å². The molecule has 0 saturated heterocycles. The van der Waals surface area contributed by atoms with Crippen LogP contribution in [0.1, 0.15) is 31.4 Å². The highest BCUT2D eigenvalue weighted by molar-refractivity contribution is 7.99. The molecule has 8 nitrogen and oxygen atoms in total. The molecule has 9 heteroatoms. The molecule has 0 spiro atoms. The third-order valence-corrected chi connectivity index (χ3v) is 7.30. The second kappa shape index (κ2) is 9.58. The second-order valence-electron chi connectivity index (χ2n) is 8.50. The minimum absolute atomic E-state index is 0.0416. The van der Waals surface area contributed by atoms with Gasteiger partial charge in [0.25, 0.3) is 5.56 Å². The van der Waals surface area contributed by atoms with Crippen molar-refractivity contribution in [2.24, 2.45) is 0 Å². The standard InChI is InChI=1S/C26H26N4O4S/c1-3-29-23(31)18-11-7-8-12-19(18)27-26(29)35-15-20-21(24(32)34-2)22(16-9-5-4-6-10-16)28-25(33)30(20)17-13-14-17/h4-12,17,22H,3,13-15H2,1-2H3,(H,28,33). The number of carbonyl (C=O) groups excluding carboxylic acids is 2. The molecule has 180 valence electrons. The van der Waals surface area contributed by atoms with Gasteiger partial charge in [-0.05, 0) is 37.5 Å². The van der Waals surface area contributed by atoms with Gasteiger partial charge in [0.05, 0.1) is 29.6 Å². The zero-order chi connectivity index (χ0) is 24.5. The Balaban J connectivity index is 1.60. The van der Waals surface area contributed by atoms with Crippen LogP contribution in [-0.2, 0) is 16.1 Å². The highest BCUT2D eigenvalue weighted by Gasteiger charge is 2.44. The van der Waals surface area contributed by atoms with E-state index in [1.54, 1.807) is 15.5 Å². The Kier molecular flexibility index (Phi) is 6.34. The third-order valence-electron chi connectivity index (χ3n) is 6.31. The van der Waals surface area contributed by atoms with E-state index in [-0.39, 0.29) is 17.6 Å². The molecular formula is C26H26N4O4S. The second-order valence-corrected chi connectivity index (χ2v) is 9.44. The number of esters is 1. The number of hydrogen-bond acceptors (Lipinski definition) is 6. The molecule has 3 aromatic rings. The third kappa shape index (κ3) is 4.32. The maximum absolute atomic E-state index is 13.2. The van der Waals surface area contributed by atoms with E-state index in [1.165, 1.54) is 18.9 Å². The number of para-hydroxylation sites is 1. The average Bonchev–Trinajstić information content (AvgIpc) is 3.72. The molecule has 35 heavy (non-hydrogen) atoms. The number of aromatic nitrogens is 2. The number of fused-ring (bicyclic) bond motifs is 1. The average molecular weight is 491 g/mol. The van der Waals surface area contributed by atoms with Gasteiger partial charge in [-0.25, -0.2) is 14.6 Å². The first-order valence-electron chi connectivity index (χ1n) is 11.6. The fourth-order valence-corrected chi connectivity index (χ4v) is 5.55. The van der Waals surface area contributed by atoms with Crippen molar-refractivity contribution in [1.29, 1.82) is 0 Å². The Morgan fingerprint density at radius 1 is 1.11 bits per heavy atom. The predicted octanol–water partition coefficient (Wildman–Crippen LogP) is 3.86. The van der Waals surface area contributed by atoms with Crippen LogP contribution in [0.5, 0.6) is 0 Å². The number of methoxy groups -OCH3 is 1. The van der Waals surface area contributed by atoms with Crippen molar-refractivity contribution in [3.8, 4) is 0 Å². The van der Waals surface area contributed by atoms with Gasteiger partial charge in [0.15, 0.2) is 5.16 Å². The highest BCUT2D eigenvalue weighted by atomic mass is 32.2. The number of nitrogens with one attached hydrogen (secondary N) is 1. The van der Waals surface area contributed by atoms with Gasteiger partial charge in [0.1, 0.15) is 0 Å². The summed E-state index contributed by atoms with van der Waals surface area (Å²) in [6.07, 6.45) is 1.75. The summed E-state index contributed by atoms with van der Waals surface area (Å²) < 4.78 is 6.80. The molecule has 5 rings (SSSR count). The Morgan fingerprint density at radius 3 is 2.51 bits per heavy atom. The number of nitrogens with zero attached hydrogens (tertiary/aromatic N) is 3. The van der Waals surface area contributed by atoms with Crippen LogP contribution < -0.4 is 10.9 Å². The fourth-order valence-electron chi connectivity index (χ4n) is 4.46. The van der Waals surface area contributed by atoms with Crippen molar-refractivity contribution in [2.45, 2.75) is 43.6 Å². The van der Waals surface area contributed by atoms with Gasteiger partial charge >= 0.3 is 12.0 Å². The van der Waals surface area contributed by atoms with E-state index in [1.807, 2.05) is 55.5 Å². The number of ether oxygens (including phenoxy) is 1. The van der Waals surface area contributed by atoms with Crippen LogP contribution >= 0.6 is 11.8 Å². The Labute approximate surface area is 207 Å². The van der Waals surface area contributed by atoms with E-state index < -0.39 is 12.0 Å². The van der Waals surface area contributed by atoms with Crippen LogP contribution in [0.4, 0.5) is 4.79 Å². The zero-order valence-corrected chi connectivity index (χ0v) is 20.4. The lowest BCUT2D eigenvalue weighted by molar-refractivity contribution is -0.136. The topological polar surface area (TPSA) is 93.5 Å². The van der Waals surface area contributed by atoms with Gasteiger partial charge in [0.2, 0.25) is 0 Å². The lowest BCUT2D eigenvalue weighted by atomic mass is 9.95. The number of thioether (sulfide) groups is 1. The van der Waals surface area contributed by atoms with Gasteiger partial charge in [-0.1, -0.05) is 54.2 Å². The molecule has 0 radical (unpaired) electrons. The van der Waals surface area contributed by atoms with Gasteiger partial charge in [-0.2, -0.15) is 0 Å². The molecule has 1 unspecified atom stereocenters. The van der Waals surface area contributed by atoms with Crippen molar-refractivity contribution in [2.75, 3.05) is 12.9 Å². The van der Waals surface area contributed by atoms with Gasteiger partial charge in [-0.3, -0.25) is 14.3 Å². The Bertz CT molecular complexity index is 1380. The molecule has 1 saturated carbocycles. The number of hydrogen-bond donors (Lipinski definition) is 1. The molecule has 1 aliphatic heterocycles. The minimum atomic E-state index is -0.625. The molecule has 1 N–H and O–H groups in total. The van der Waals surface area contributed by atoms with Gasteiger partial charge in [-0.15, -0.1) is 0 Å². The summed E-state index contributed by atoms with van der Waals surface area (Å²) in [6.45, 7) is 2.36. The number of urea groups is 1. The van der Waals surface area contributed by atoms with Crippen LogP contribution in [0.15, 0.2) is 75.8 Å². The van der Waals surface area contributed by atoms with Crippen LogP contribution in [0, 0.1) is 0 Å². The van der Waals surface area contributed by atoms with Crippen LogP contribution in [0.3, 0.4) is 0 Å². The number of carbonyl (C=O) groups is 2. The van der Waals surface area contributed by atoms with Crippen LogP contribution in [0.2, 0.25) is 0 Å².